The second kappa shape index (κ2) is 4.81. The highest BCUT2D eigenvalue weighted by Gasteiger charge is 2.05. The molecular formula is C12H8ClN3O. The van der Waals surface area contributed by atoms with Crippen LogP contribution >= 0.6 is 11.6 Å². The maximum Gasteiger partial charge on any atom is 0.214 e. The molecule has 2 rings (SSSR count). The monoisotopic (exact) mass is 245 g/mol. The van der Waals surface area contributed by atoms with Crippen LogP contribution in [0.4, 0.5) is 0 Å². The largest absolute Gasteiger partial charge is 0.493 e. The molecule has 84 valence electrons. The zero-order valence-corrected chi connectivity index (χ0v) is 9.52. The van der Waals surface area contributed by atoms with Crippen molar-refractivity contribution in [3.05, 3.63) is 41.2 Å². The van der Waals surface area contributed by atoms with Crippen LogP contribution in [-0.2, 0) is 6.42 Å². The fraction of sp³-hybridized carbons (Fsp3) is 0.0833. The maximum atomic E-state index is 9.26. The third kappa shape index (κ3) is 2.52. The average molecular weight is 246 g/mol. The van der Waals surface area contributed by atoms with Crippen molar-refractivity contribution in [3.8, 4) is 23.2 Å². The van der Waals surface area contributed by atoms with Crippen molar-refractivity contribution in [3.63, 3.8) is 0 Å². The van der Waals surface area contributed by atoms with Gasteiger partial charge in [-0.1, -0.05) is 23.7 Å². The fourth-order valence-corrected chi connectivity index (χ4v) is 1.69. The van der Waals surface area contributed by atoms with E-state index in [0.717, 1.165) is 11.1 Å². The second-order valence-electron chi connectivity index (χ2n) is 3.40. The van der Waals surface area contributed by atoms with E-state index in [9.17, 15) is 5.11 Å². The van der Waals surface area contributed by atoms with Gasteiger partial charge in [-0.15, -0.1) is 0 Å². The molecule has 0 radical (unpaired) electrons. The number of rotatable bonds is 2. The lowest BCUT2D eigenvalue weighted by Gasteiger charge is -2.04. The molecule has 1 heterocycles. The first-order valence-electron chi connectivity index (χ1n) is 4.87. The lowest BCUT2D eigenvalue weighted by atomic mass is 10.1. The topological polar surface area (TPSA) is 69.8 Å². The summed E-state index contributed by atoms with van der Waals surface area (Å²) in [6.07, 6.45) is 1.55. The van der Waals surface area contributed by atoms with Crippen LogP contribution in [0.2, 0.25) is 5.02 Å². The Hall–Kier alpha value is -2.12. The van der Waals surface area contributed by atoms with E-state index in [-0.39, 0.29) is 12.3 Å². The normalized spacial score (nSPS) is 9.88. The zero-order chi connectivity index (χ0) is 12.3. The van der Waals surface area contributed by atoms with E-state index < -0.39 is 0 Å². The Morgan fingerprint density at radius 2 is 2.12 bits per heavy atom. The van der Waals surface area contributed by atoms with Crippen LogP contribution in [0.15, 0.2) is 30.6 Å². The van der Waals surface area contributed by atoms with Gasteiger partial charge in [0.05, 0.1) is 18.2 Å². The van der Waals surface area contributed by atoms with Gasteiger partial charge in [-0.2, -0.15) is 5.26 Å². The number of benzene rings is 1. The summed E-state index contributed by atoms with van der Waals surface area (Å²) in [5, 5.41) is 18.4. The molecule has 1 aromatic heterocycles. The van der Waals surface area contributed by atoms with E-state index in [0.29, 0.717) is 10.7 Å². The first-order chi connectivity index (χ1) is 8.20. The third-order valence-electron chi connectivity index (χ3n) is 2.27. The summed E-state index contributed by atoms with van der Waals surface area (Å²) in [6.45, 7) is 0. The highest BCUT2D eigenvalue weighted by Crippen LogP contribution is 2.25. The number of nitriles is 1. The lowest BCUT2D eigenvalue weighted by molar-refractivity contribution is 0.452. The SMILES string of the molecule is N#CCc1ccc(-c2cc(O)ncn2)cc1Cl. The second-order valence-corrected chi connectivity index (χ2v) is 3.81. The van der Waals surface area contributed by atoms with Gasteiger partial charge in [0.1, 0.15) is 6.33 Å². The van der Waals surface area contributed by atoms with Crippen LogP contribution in [0.1, 0.15) is 5.56 Å². The molecule has 0 aliphatic rings. The van der Waals surface area contributed by atoms with E-state index in [1.807, 2.05) is 6.07 Å². The molecule has 0 saturated heterocycles. The number of aromatic nitrogens is 2. The number of nitrogens with zero attached hydrogens (tertiary/aromatic N) is 3. The van der Waals surface area contributed by atoms with Crippen molar-refractivity contribution in [1.29, 1.82) is 5.26 Å². The molecule has 0 spiro atoms. The van der Waals surface area contributed by atoms with Gasteiger partial charge in [0, 0.05) is 16.7 Å². The number of hydrogen-bond donors (Lipinski definition) is 1. The van der Waals surface area contributed by atoms with E-state index in [2.05, 4.69) is 9.97 Å². The highest BCUT2D eigenvalue weighted by atomic mass is 35.5. The molecule has 0 atom stereocenters. The summed E-state index contributed by atoms with van der Waals surface area (Å²) in [5.74, 6) is -0.0905. The van der Waals surface area contributed by atoms with Gasteiger partial charge in [-0.3, -0.25) is 0 Å². The summed E-state index contributed by atoms with van der Waals surface area (Å²) in [7, 11) is 0. The molecule has 1 aromatic carbocycles. The third-order valence-corrected chi connectivity index (χ3v) is 2.62. The molecule has 0 amide bonds. The van der Waals surface area contributed by atoms with Crippen molar-refractivity contribution in [2.45, 2.75) is 6.42 Å². The van der Waals surface area contributed by atoms with Crippen LogP contribution in [0.3, 0.4) is 0 Å². The van der Waals surface area contributed by atoms with Crippen molar-refractivity contribution >= 4 is 11.6 Å². The van der Waals surface area contributed by atoms with Crippen LogP contribution in [0, 0.1) is 11.3 Å². The number of aromatic hydroxyl groups is 1. The van der Waals surface area contributed by atoms with Crippen LogP contribution < -0.4 is 0 Å². The van der Waals surface area contributed by atoms with Crippen molar-refractivity contribution in [2.24, 2.45) is 0 Å². The molecule has 2 aromatic rings. The van der Waals surface area contributed by atoms with Gasteiger partial charge >= 0.3 is 0 Å². The molecule has 4 nitrogen and oxygen atoms in total. The molecule has 0 unspecified atom stereocenters. The maximum absolute atomic E-state index is 9.26. The first-order valence-corrected chi connectivity index (χ1v) is 5.25. The Morgan fingerprint density at radius 1 is 1.29 bits per heavy atom. The molecule has 0 saturated carbocycles. The molecule has 17 heavy (non-hydrogen) atoms. The van der Waals surface area contributed by atoms with E-state index in [1.54, 1.807) is 18.2 Å². The Kier molecular flexibility index (Phi) is 3.22. The lowest BCUT2D eigenvalue weighted by Crippen LogP contribution is -1.88. The molecule has 0 aliphatic heterocycles. The number of halogens is 1. The van der Waals surface area contributed by atoms with Gasteiger partial charge in [0.2, 0.25) is 5.88 Å². The smallest absolute Gasteiger partial charge is 0.214 e. The summed E-state index contributed by atoms with van der Waals surface area (Å²) in [4.78, 5) is 7.63. The van der Waals surface area contributed by atoms with E-state index in [4.69, 9.17) is 16.9 Å². The summed E-state index contributed by atoms with van der Waals surface area (Å²) in [6, 6.07) is 8.80. The Bertz CT molecular complexity index is 593. The minimum atomic E-state index is -0.0905. The highest BCUT2D eigenvalue weighted by molar-refractivity contribution is 6.31. The van der Waals surface area contributed by atoms with E-state index >= 15 is 0 Å². The summed E-state index contributed by atoms with van der Waals surface area (Å²) in [5.41, 5.74) is 2.13. The minimum absolute atomic E-state index is 0.0905. The molecule has 0 aliphatic carbocycles. The van der Waals surface area contributed by atoms with Crippen LogP contribution in [0.25, 0.3) is 11.3 Å². The Labute approximate surface area is 103 Å². The van der Waals surface area contributed by atoms with Crippen molar-refractivity contribution < 1.29 is 5.11 Å². The summed E-state index contributed by atoms with van der Waals surface area (Å²) < 4.78 is 0. The quantitative estimate of drug-likeness (QED) is 0.883. The minimum Gasteiger partial charge on any atom is -0.493 e. The van der Waals surface area contributed by atoms with Gasteiger partial charge in [0.15, 0.2) is 0 Å². The van der Waals surface area contributed by atoms with Gasteiger partial charge in [-0.05, 0) is 11.6 Å². The first kappa shape index (κ1) is 11.4. The predicted octanol–water partition coefficient (Wildman–Crippen LogP) is 2.57. The Morgan fingerprint density at radius 3 is 2.76 bits per heavy atom. The van der Waals surface area contributed by atoms with Crippen molar-refractivity contribution in [2.75, 3.05) is 0 Å². The molecule has 1 N–H and O–H groups in total. The molecule has 5 heteroatoms. The molecule has 0 fully saturated rings. The van der Waals surface area contributed by atoms with Crippen molar-refractivity contribution in [1.82, 2.24) is 9.97 Å². The average Bonchev–Trinajstić information content (AvgIpc) is 2.32. The number of hydrogen-bond acceptors (Lipinski definition) is 4. The predicted molar refractivity (Wildman–Crippen MR) is 63.5 cm³/mol. The van der Waals surface area contributed by atoms with Gasteiger partial charge in [0.25, 0.3) is 0 Å². The van der Waals surface area contributed by atoms with Crippen LogP contribution in [-0.4, -0.2) is 15.1 Å². The Balaban J connectivity index is 2.42. The van der Waals surface area contributed by atoms with Crippen LogP contribution in [0.5, 0.6) is 5.88 Å². The zero-order valence-electron chi connectivity index (χ0n) is 8.76. The molecule has 0 bridgehead atoms. The van der Waals surface area contributed by atoms with Gasteiger partial charge in [-0.25, -0.2) is 9.97 Å². The summed E-state index contributed by atoms with van der Waals surface area (Å²) >= 11 is 6.04. The van der Waals surface area contributed by atoms with Gasteiger partial charge < -0.3 is 5.11 Å². The van der Waals surface area contributed by atoms with E-state index in [1.165, 1.54) is 12.4 Å². The fourth-order valence-electron chi connectivity index (χ4n) is 1.44. The molecular weight excluding hydrogens is 238 g/mol. The standard InChI is InChI=1S/C12H8ClN3O/c13-10-5-9(2-1-8(10)3-4-14)11-6-12(17)16-7-15-11/h1-2,5-7H,3H2,(H,15,16,17).